The van der Waals surface area contributed by atoms with E-state index in [0.717, 1.165) is 23.6 Å². The summed E-state index contributed by atoms with van der Waals surface area (Å²) >= 11 is 6.00. The molecule has 6 heteroatoms. The number of rotatable bonds is 5. The number of nitrogens with one attached hydrogen (secondary N) is 1. The normalized spacial score (nSPS) is 12.4. The van der Waals surface area contributed by atoms with Crippen molar-refractivity contribution < 1.29 is 4.74 Å². The lowest BCUT2D eigenvalue weighted by molar-refractivity contribution is 0.403. The molecule has 2 aromatic rings. The largest absolute Gasteiger partial charge is 0.496 e. The molecule has 1 N–H and O–H groups in total. The lowest BCUT2D eigenvalue weighted by Crippen LogP contribution is -2.24. The fourth-order valence-corrected chi connectivity index (χ4v) is 2.22. The quantitative estimate of drug-likeness (QED) is 0.912. The molecule has 0 amide bonds. The molecule has 0 aliphatic rings. The van der Waals surface area contributed by atoms with Gasteiger partial charge in [-0.15, -0.1) is 5.10 Å². The number of aryl methyl sites for hydroxylation is 1. The highest BCUT2D eigenvalue weighted by Gasteiger charge is 2.20. The molecule has 1 aromatic heterocycles. The van der Waals surface area contributed by atoms with Gasteiger partial charge in [0.15, 0.2) is 0 Å². The van der Waals surface area contributed by atoms with Gasteiger partial charge in [0, 0.05) is 17.6 Å². The Kier molecular flexibility index (Phi) is 4.39. The molecule has 0 saturated heterocycles. The summed E-state index contributed by atoms with van der Waals surface area (Å²) in [6, 6.07) is 5.59. The second-order valence-electron chi connectivity index (χ2n) is 4.16. The van der Waals surface area contributed by atoms with Crippen LogP contribution in [0.1, 0.15) is 24.2 Å². The van der Waals surface area contributed by atoms with Crippen molar-refractivity contribution in [2.45, 2.75) is 13.0 Å². The highest BCUT2D eigenvalue weighted by Crippen LogP contribution is 2.31. The highest BCUT2D eigenvalue weighted by atomic mass is 35.5. The SMILES string of the molecule is CCNC(c1ccc(Cl)cc1OC)c1cnnn1C. The van der Waals surface area contributed by atoms with Crippen LogP contribution >= 0.6 is 11.6 Å². The van der Waals surface area contributed by atoms with Gasteiger partial charge in [-0.2, -0.15) is 0 Å². The molecular weight excluding hydrogens is 264 g/mol. The number of methoxy groups -OCH3 is 1. The third-order valence-corrected chi connectivity index (χ3v) is 3.20. The number of ether oxygens (including phenoxy) is 1. The molecule has 0 fully saturated rings. The molecule has 1 aromatic carbocycles. The maximum absolute atomic E-state index is 6.00. The molecule has 5 nitrogen and oxygen atoms in total. The van der Waals surface area contributed by atoms with Crippen LogP contribution in [0.5, 0.6) is 5.75 Å². The number of nitrogens with zero attached hydrogens (tertiary/aromatic N) is 3. The van der Waals surface area contributed by atoms with Gasteiger partial charge < -0.3 is 10.1 Å². The summed E-state index contributed by atoms with van der Waals surface area (Å²) in [5, 5.41) is 12.0. The summed E-state index contributed by atoms with van der Waals surface area (Å²) in [7, 11) is 3.51. The molecule has 0 aliphatic carbocycles. The van der Waals surface area contributed by atoms with Crippen molar-refractivity contribution in [3.63, 3.8) is 0 Å². The average molecular weight is 281 g/mol. The van der Waals surface area contributed by atoms with Crippen molar-refractivity contribution in [1.29, 1.82) is 0 Å². The first-order valence-corrected chi connectivity index (χ1v) is 6.46. The topological polar surface area (TPSA) is 52.0 Å². The van der Waals surface area contributed by atoms with Crippen molar-refractivity contribution >= 4 is 11.6 Å². The first kappa shape index (κ1) is 13.8. The predicted octanol–water partition coefficient (Wildman–Crippen LogP) is 2.18. The van der Waals surface area contributed by atoms with Crippen LogP contribution in [0.15, 0.2) is 24.4 Å². The van der Waals surface area contributed by atoms with Crippen LogP contribution in [0.25, 0.3) is 0 Å². The molecule has 1 atom stereocenters. The van der Waals surface area contributed by atoms with E-state index in [2.05, 4.69) is 22.6 Å². The predicted molar refractivity (Wildman–Crippen MR) is 74.5 cm³/mol. The zero-order valence-electron chi connectivity index (χ0n) is 11.2. The Morgan fingerprint density at radius 1 is 1.47 bits per heavy atom. The van der Waals surface area contributed by atoms with Crippen LogP contribution in [-0.2, 0) is 7.05 Å². The van der Waals surface area contributed by atoms with Crippen molar-refractivity contribution in [1.82, 2.24) is 20.3 Å². The first-order valence-electron chi connectivity index (χ1n) is 6.08. The third-order valence-electron chi connectivity index (χ3n) is 2.96. The smallest absolute Gasteiger partial charge is 0.125 e. The summed E-state index contributed by atoms with van der Waals surface area (Å²) in [5.74, 6) is 0.750. The first-order chi connectivity index (χ1) is 9.17. The fourth-order valence-electron chi connectivity index (χ4n) is 2.06. The highest BCUT2D eigenvalue weighted by molar-refractivity contribution is 6.30. The molecule has 1 heterocycles. The van der Waals surface area contributed by atoms with Gasteiger partial charge in [0.05, 0.1) is 25.0 Å². The van der Waals surface area contributed by atoms with E-state index in [0.29, 0.717) is 5.02 Å². The summed E-state index contributed by atoms with van der Waals surface area (Å²) in [6.07, 6.45) is 1.75. The van der Waals surface area contributed by atoms with E-state index in [4.69, 9.17) is 16.3 Å². The maximum Gasteiger partial charge on any atom is 0.125 e. The summed E-state index contributed by atoms with van der Waals surface area (Å²) in [6.45, 7) is 2.88. The van der Waals surface area contributed by atoms with Gasteiger partial charge in [0.1, 0.15) is 5.75 Å². The van der Waals surface area contributed by atoms with Crippen molar-refractivity contribution in [3.05, 3.63) is 40.7 Å². The summed E-state index contributed by atoms with van der Waals surface area (Å²) in [4.78, 5) is 0. The molecule has 102 valence electrons. The van der Waals surface area contributed by atoms with Gasteiger partial charge in [-0.25, -0.2) is 0 Å². The average Bonchev–Trinajstić information content (AvgIpc) is 2.82. The van der Waals surface area contributed by atoms with Gasteiger partial charge in [-0.05, 0) is 18.7 Å². The van der Waals surface area contributed by atoms with E-state index in [1.807, 2.05) is 25.2 Å². The molecule has 0 spiro atoms. The monoisotopic (exact) mass is 280 g/mol. The second-order valence-corrected chi connectivity index (χ2v) is 4.60. The molecule has 0 radical (unpaired) electrons. The minimum Gasteiger partial charge on any atom is -0.496 e. The van der Waals surface area contributed by atoms with E-state index in [-0.39, 0.29) is 6.04 Å². The summed E-state index contributed by atoms with van der Waals surface area (Å²) in [5.41, 5.74) is 1.99. The van der Waals surface area contributed by atoms with Crippen LogP contribution in [0.2, 0.25) is 5.02 Å². The lowest BCUT2D eigenvalue weighted by atomic mass is 10.0. The fraction of sp³-hybridized carbons (Fsp3) is 0.385. The molecule has 19 heavy (non-hydrogen) atoms. The minimum atomic E-state index is -0.0304. The Bertz CT molecular complexity index is 555. The van der Waals surface area contributed by atoms with E-state index in [9.17, 15) is 0 Å². The number of hydrogen-bond acceptors (Lipinski definition) is 4. The van der Waals surface area contributed by atoms with Crippen LogP contribution < -0.4 is 10.1 Å². The Morgan fingerprint density at radius 2 is 2.26 bits per heavy atom. The van der Waals surface area contributed by atoms with Crippen LogP contribution in [0.3, 0.4) is 0 Å². The Morgan fingerprint density at radius 3 is 2.84 bits per heavy atom. The molecular formula is C13H17ClN4O. The Labute approximate surface area is 117 Å². The van der Waals surface area contributed by atoms with Crippen molar-refractivity contribution in [2.75, 3.05) is 13.7 Å². The number of aromatic nitrogens is 3. The number of hydrogen-bond donors (Lipinski definition) is 1. The van der Waals surface area contributed by atoms with E-state index in [1.54, 1.807) is 18.0 Å². The van der Waals surface area contributed by atoms with E-state index < -0.39 is 0 Å². The van der Waals surface area contributed by atoms with Crippen LogP contribution in [0.4, 0.5) is 0 Å². The zero-order valence-corrected chi connectivity index (χ0v) is 12.0. The molecule has 1 unspecified atom stereocenters. The Hall–Kier alpha value is -1.59. The number of benzene rings is 1. The van der Waals surface area contributed by atoms with Crippen LogP contribution in [0, 0.1) is 0 Å². The molecule has 0 bridgehead atoms. The molecule has 0 aliphatic heterocycles. The van der Waals surface area contributed by atoms with E-state index >= 15 is 0 Å². The van der Waals surface area contributed by atoms with Gasteiger partial charge in [0.25, 0.3) is 0 Å². The minimum absolute atomic E-state index is 0.0304. The third kappa shape index (κ3) is 2.88. The van der Waals surface area contributed by atoms with Gasteiger partial charge in [-0.3, -0.25) is 4.68 Å². The standard InChI is InChI=1S/C13H17ClN4O/c1-4-15-13(11-8-16-17-18(11)2)10-6-5-9(14)7-12(10)19-3/h5-8,13,15H,4H2,1-3H3. The lowest BCUT2D eigenvalue weighted by Gasteiger charge is -2.20. The maximum atomic E-state index is 6.00. The summed E-state index contributed by atoms with van der Waals surface area (Å²) < 4.78 is 7.17. The van der Waals surface area contributed by atoms with Crippen molar-refractivity contribution in [2.24, 2.45) is 7.05 Å². The molecule has 0 saturated carbocycles. The van der Waals surface area contributed by atoms with E-state index in [1.165, 1.54) is 0 Å². The van der Waals surface area contributed by atoms with Gasteiger partial charge in [0.2, 0.25) is 0 Å². The Balaban J connectivity index is 2.48. The second kappa shape index (κ2) is 6.04. The molecule has 2 rings (SSSR count). The van der Waals surface area contributed by atoms with Gasteiger partial charge in [-0.1, -0.05) is 29.8 Å². The van der Waals surface area contributed by atoms with Crippen LogP contribution in [-0.4, -0.2) is 28.6 Å². The van der Waals surface area contributed by atoms with Crippen molar-refractivity contribution in [3.8, 4) is 5.75 Å². The zero-order chi connectivity index (χ0) is 13.8. The van der Waals surface area contributed by atoms with Gasteiger partial charge >= 0.3 is 0 Å². The number of halogens is 1.